The highest BCUT2D eigenvalue weighted by Crippen LogP contribution is 2.42. The van der Waals surface area contributed by atoms with Gasteiger partial charge >= 0.3 is 6.18 Å². The number of hydrogen-bond acceptors (Lipinski definition) is 8. The quantitative estimate of drug-likeness (QED) is 0.332. The van der Waals surface area contributed by atoms with Crippen LogP contribution in [-0.4, -0.2) is 38.5 Å². The minimum Gasteiger partial charge on any atom is -0.328 e. The Bertz CT molecular complexity index is 1240. The second-order valence-electron chi connectivity index (χ2n) is 10.4. The zero-order chi connectivity index (χ0) is 27.1. The molecule has 2 saturated heterocycles. The summed E-state index contributed by atoms with van der Waals surface area (Å²) in [5, 5.41) is 5.33. The Balaban J connectivity index is 1.41. The van der Waals surface area contributed by atoms with E-state index in [1.54, 1.807) is 0 Å². The second kappa shape index (κ2) is 10.8. The number of halogens is 3. The SMILES string of the molecule is NC1CCCC(N2CCC(c3ccc(-c4ccc(C(F)(F)F)c(S(N)(=O)=O)c4C4NNNN4)cc3)CC2)C1. The topological polar surface area (TPSA) is 138 Å². The molecule has 38 heavy (non-hydrogen) atoms. The predicted molar refractivity (Wildman–Crippen MR) is 137 cm³/mol. The summed E-state index contributed by atoms with van der Waals surface area (Å²) in [6.45, 7) is 2.03. The van der Waals surface area contributed by atoms with Crippen LogP contribution in [0, 0.1) is 0 Å². The van der Waals surface area contributed by atoms with Gasteiger partial charge in [-0.2, -0.15) is 24.2 Å². The number of hydrogen-bond donors (Lipinski definition) is 6. The number of nitrogens with zero attached hydrogens (tertiary/aromatic N) is 1. The molecule has 0 amide bonds. The maximum absolute atomic E-state index is 13.8. The zero-order valence-corrected chi connectivity index (χ0v) is 21.7. The summed E-state index contributed by atoms with van der Waals surface area (Å²) < 4.78 is 66.3. The summed E-state index contributed by atoms with van der Waals surface area (Å²) in [5.41, 5.74) is 17.3. The summed E-state index contributed by atoms with van der Waals surface area (Å²) >= 11 is 0. The molecule has 3 aliphatic rings. The molecule has 0 bridgehead atoms. The Morgan fingerprint density at radius 1 is 0.921 bits per heavy atom. The van der Waals surface area contributed by atoms with E-state index in [9.17, 15) is 21.6 Å². The first-order chi connectivity index (χ1) is 18.0. The monoisotopic (exact) mass is 553 g/mol. The molecular formula is C25H34F3N7O2S. The maximum atomic E-state index is 13.8. The maximum Gasteiger partial charge on any atom is 0.417 e. The molecule has 2 aromatic rings. The van der Waals surface area contributed by atoms with Gasteiger partial charge in [0, 0.05) is 17.6 Å². The number of piperidine rings is 1. The average Bonchev–Trinajstić information content (AvgIpc) is 3.42. The summed E-state index contributed by atoms with van der Waals surface area (Å²) in [7, 11) is -4.73. The third-order valence-corrected chi connectivity index (χ3v) is 9.01. The van der Waals surface area contributed by atoms with Gasteiger partial charge in [0.15, 0.2) is 0 Å². The number of likely N-dealkylation sites (tertiary alicyclic amines) is 1. The summed E-state index contributed by atoms with van der Waals surface area (Å²) in [6, 6.07) is 10.5. The van der Waals surface area contributed by atoms with Crippen LogP contribution in [0.1, 0.15) is 67.3 Å². The highest BCUT2D eigenvalue weighted by Gasteiger charge is 2.40. The first-order valence-electron chi connectivity index (χ1n) is 12.9. The Hall–Kier alpha value is -2.10. The van der Waals surface area contributed by atoms with Crippen molar-refractivity contribution in [3.63, 3.8) is 0 Å². The second-order valence-corrected chi connectivity index (χ2v) is 11.9. The number of alkyl halides is 3. The van der Waals surface area contributed by atoms with E-state index in [0.717, 1.165) is 50.4 Å². The predicted octanol–water partition coefficient (Wildman–Crippen LogP) is 2.58. The molecule has 8 N–H and O–H groups in total. The number of nitrogens with one attached hydrogen (secondary N) is 4. The lowest BCUT2D eigenvalue weighted by Gasteiger charge is -2.40. The molecule has 1 saturated carbocycles. The Labute approximate surface area is 220 Å². The van der Waals surface area contributed by atoms with Gasteiger partial charge in [-0.15, -0.1) is 0 Å². The van der Waals surface area contributed by atoms with Gasteiger partial charge in [0.2, 0.25) is 10.0 Å². The molecule has 2 atom stereocenters. The van der Waals surface area contributed by atoms with Gasteiger partial charge in [-0.05, 0) is 73.9 Å². The highest BCUT2D eigenvalue weighted by molar-refractivity contribution is 7.89. The van der Waals surface area contributed by atoms with E-state index < -0.39 is 32.8 Å². The molecule has 2 unspecified atom stereocenters. The molecule has 13 heteroatoms. The summed E-state index contributed by atoms with van der Waals surface area (Å²) in [5.74, 6) is 0.385. The summed E-state index contributed by atoms with van der Waals surface area (Å²) in [6.07, 6.45) is 0.721. The van der Waals surface area contributed by atoms with E-state index in [0.29, 0.717) is 29.1 Å². The molecule has 0 radical (unpaired) electrons. The zero-order valence-electron chi connectivity index (χ0n) is 20.9. The molecule has 2 aliphatic heterocycles. The Kier molecular flexibility index (Phi) is 7.82. The van der Waals surface area contributed by atoms with Crippen molar-refractivity contribution in [1.29, 1.82) is 0 Å². The molecular weight excluding hydrogens is 519 g/mol. The molecule has 5 rings (SSSR count). The van der Waals surface area contributed by atoms with Crippen molar-refractivity contribution in [2.45, 2.75) is 73.8 Å². The first kappa shape index (κ1) is 27.5. The number of sulfonamides is 1. The average molecular weight is 554 g/mol. The van der Waals surface area contributed by atoms with Crippen molar-refractivity contribution in [3.05, 3.63) is 53.1 Å². The van der Waals surface area contributed by atoms with Crippen LogP contribution in [0.15, 0.2) is 41.3 Å². The fraction of sp³-hybridized carbons (Fsp3) is 0.520. The summed E-state index contributed by atoms with van der Waals surface area (Å²) in [4.78, 5) is 1.61. The van der Waals surface area contributed by atoms with Crippen LogP contribution >= 0.6 is 0 Å². The van der Waals surface area contributed by atoms with E-state index >= 15 is 0 Å². The van der Waals surface area contributed by atoms with E-state index in [1.807, 2.05) is 24.3 Å². The van der Waals surface area contributed by atoms with Crippen LogP contribution in [0.25, 0.3) is 11.1 Å². The van der Waals surface area contributed by atoms with Gasteiger partial charge in [-0.1, -0.05) is 36.8 Å². The van der Waals surface area contributed by atoms with Crippen molar-refractivity contribution in [1.82, 2.24) is 26.8 Å². The van der Waals surface area contributed by atoms with Crippen LogP contribution < -0.4 is 32.8 Å². The minimum absolute atomic E-state index is 0.119. The van der Waals surface area contributed by atoms with Crippen LogP contribution in [0.2, 0.25) is 0 Å². The third-order valence-electron chi connectivity index (χ3n) is 8.00. The van der Waals surface area contributed by atoms with Crippen LogP contribution in [0.4, 0.5) is 13.2 Å². The van der Waals surface area contributed by atoms with Crippen LogP contribution in [0.5, 0.6) is 0 Å². The molecule has 1 aliphatic carbocycles. The van der Waals surface area contributed by atoms with Gasteiger partial charge < -0.3 is 10.6 Å². The third kappa shape index (κ3) is 5.75. The number of rotatable bonds is 5. The lowest BCUT2D eigenvalue weighted by atomic mass is 9.85. The first-order valence-corrected chi connectivity index (χ1v) is 14.4. The van der Waals surface area contributed by atoms with E-state index in [-0.39, 0.29) is 5.56 Å². The normalized spacial score (nSPS) is 24.7. The van der Waals surface area contributed by atoms with Gasteiger partial charge in [-0.25, -0.2) is 24.4 Å². The highest BCUT2D eigenvalue weighted by atomic mass is 32.2. The van der Waals surface area contributed by atoms with E-state index in [4.69, 9.17) is 10.9 Å². The number of nitrogens with two attached hydrogens (primary N) is 2. The van der Waals surface area contributed by atoms with Crippen molar-refractivity contribution >= 4 is 10.0 Å². The largest absolute Gasteiger partial charge is 0.417 e. The van der Waals surface area contributed by atoms with Crippen LogP contribution in [0.3, 0.4) is 0 Å². The lowest BCUT2D eigenvalue weighted by Crippen LogP contribution is -2.45. The number of hydrazine groups is 3. The number of primary sulfonamides is 1. The number of benzene rings is 2. The molecule has 2 heterocycles. The fourth-order valence-electron chi connectivity index (χ4n) is 6.13. The molecule has 9 nitrogen and oxygen atoms in total. The standard InChI is InChI=1S/C25H34F3N7O2S/c26-25(27,28)21-9-8-20(22(23(21)38(30,36)37)24-31-33-34-32-24)17-6-4-15(5-7-17)16-10-12-35(13-11-16)19-3-1-2-18(29)14-19/h4-9,16,18-19,24,31-34H,1-3,10-14,29H2,(H2,30,36,37). The minimum atomic E-state index is -4.91. The molecule has 2 aromatic carbocycles. The Morgan fingerprint density at radius 3 is 2.16 bits per heavy atom. The fourth-order valence-corrected chi connectivity index (χ4v) is 7.15. The van der Waals surface area contributed by atoms with Gasteiger partial charge in [0.05, 0.1) is 5.56 Å². The van der Waals surface area contributed by atoms with Gasteiger partial charge in [-0.3, -0.25) is 0 Å². The lowest BCUT2D eigenvalue weighted by molar-refractivity contribution is -0.140. The van der Waals surface area contributed by atoms with Crippen LogP contribution in [-0.2, 0) is 16.2 Å². The van der Waals surface area contributed by atoms with Gasteiger partial charge in [0.1, 0.15) is 11.1 Å². The van der Waals surface area contributed by atoms with Crippen molar-refractivity contribution in [3.8, 4) is 11.1 Å². The van der Waals surface area contributed by atoms with Gasteiger partial charge in [0.25, 0.3) is 0 Å². The van der Waals surface area contributed by atoms with E-state index in [2.05, 4.69) is 26.8 Å². The molecule has 208 valence electrons. The van der Waals surface area contributed by atoms with Crippen molar-refractivity contribution in [2.24, 2.45) is 10.9 Å². The molecule has 0 aromatic heterocycles. The van der Waals surface area contributed by atoms with Crippen molar-refractivity contribution in [2.75, 3.05) is 13.1 Å². The van der Waals surface area contributed by atoms with E-state index in [1.165, 1.54) is 18.9 Å². The van der Waals surface area contributed by atoms with Crippen molar-refractivity contribution < 1.29 is 21.6 Å². The smallest absolute Gasteiger partial charge is 0.328 e. The Morgan fingerprint density at radius 2 is 1.58 bits per heavy atom. The molecule has 3 fully saturated rings. The molecule has 0 spiro atoms.